The van der Waals surface area contributed by atoms with E-state index in [1.807, 2.05) is 0 Å². The molecule has 1 spiro atoms. The fourth-order valence-corrected chi connectivity index (χ4v) is 2.60. The van der Waals surface area contributed by atoms with Crippen molar-refractivity contribution in [3.63, 3.8) is 0 Å². The van der Waals surface area contributed by atoms with Crippen LogP contribution in [0.5, 0.6) is 0 Å². The Morgan fingerprint density at radius 3 is 2.60 bits per heavy atom. The van der Waals surface area contributed by atoms with E-state index in [1.54, 1.807) is 0 Å². The Labute approximate surface area is 67.6 Å². The third kappa shape index (κ3) is 0.978. The van der Waals surface area contributed by atoms with Crippen LogP contribution in [0.1, 0.15) is 19.3 Å². The molecule has 0 amide bonds. The summed E-state index contributed by atoms with van der Waals surface area (Å²) in [5.41, 5.74) is 0.694. The van der Waals surface area contributed by atoms with Gasteiger partial charge >= 0.3 is 0 Å². The predicted octanol–water partition coefficient (Wildman–Crippen LogP) is 1.73. The van der Waals surface area contributed by atoms with Crippen LogP contribution in [0.3, 0.4) is 0 Å². The SMILES string of the molecule is SCC1CC12CCOCC2. The first kappa shape index (κ1) is 6.99. The molecule has 1 saturated carbocycles. The van der Waals surface area contributed by atoms with Crippen LogP contribution in [-0.4, -0.2) is 19.0 Å². The molecule has 2 fully saturated rings. The molecule has 2 heteroatoms. The van der Waals surface area contributed by atoms with Gasteiger partial charge in [-0.2, -0.15) is 12.6 Å². The summed E-state index contributed by atoms with van der Waals surface area (Å²) in [5, 5.41) is 0. The maximum Gasteiger partial charge on any atom is 0.0471 e. The molecule has 0 N–H and O–H groups in total. The molecule has 1 atom stereocenters. The van der Waals surface area contributed by atoms with Crippen LogP contribution in [0.15, 0.2) is 0 Å². The normalized spacial score (nSPS) is 36.3. The second kappa shape index (κ2) is 2.42. The molecule has 1 saturated heterocycles. The highest BCUT2D eigenvalue weighted by atomic mass is 32.1. The van der Waals surface area contributed by atoms with E-state index in [0.717, 1.165) is 24.9 Å². The molecule has 58 valence electrons. The third-order valence-electron chi connectivity index (χ3n) is 3.07. The van der Waals surface area contributed by atoms with E-state index in [-0.39, 0.29) is 0 Å². The number of ether oxygens (including phenoxy) is 1. The van der Waals surface area contributed by atoms with Crippen molar-refractivity contribution in [3.8, 4) is 0 Å². The third-order valence-corrected chi connectivity index (χ3v) is 3.51. The highest BCUT2D eigenvalue weighted by molar-refractivity contribution is 7.80. The lowest BCUT2D eigenvalue weighted by atomic mass is 9.94. The van der Waals surface area contributed by atoms with E-state index in [4.69, 9.17) is 4.74 Å². The van der Waals surface area contributed by atoms with Gasteiger partial charge in [0.15, 0.2) is 0 Å². The zero-order chi connectivity index (χ0) is 7.03. The van der Waals surface area contributed by atoms with Crippen molar-refractivity contribution in [2.45, 2.75) is 19.3 Å². The second-order valence-corrected chi connectivity index (χ2v) is 3.92. The fraction of sp³-hybridized carbons (Fsp3) is 1.00. The molecule has 0 aromatic carbocycles. The molecule has 1 aliphatic heterocycles. The Balaban J connectivity index is 1.92. The molecule has 0 bridgehead atoms. The molecule has 0 aromatic heterocycles. The smallest absolute Gasteiger partial charge is 0.0471 e. The van der Waals surface area contributed by atoms with Gasteiger partial charge in [-0.15, -0.1) is 0 Å². The summed E-state index contributed by atoms with van der Waals surface area (Å²) in [7, 11) is 0. The van der Waals surface area contributed by atoms with Gasteiger partial charge in [0.1, 0.15) is 0 Å². The zero-order valence-corrected chi connectivity index (χ0v) is 7.07. The summed E-state index contributed by atoms with van der Waals surface area (Å²) in [6, 6.07) is 0. The van der Waals surface area contributed by atoms with Crippen LogP contribution in [0.25, 0.3) is 0 Å². The molecule has 1 aliphatic carbocycles. The Bertz CT molecular complexity index is 129. The van der Waals surface area contributed by atoms with Crippen molar-refractivity contribution in [1.29, 1.82) is 0 Å². The maximum atomic E-state index is 5.31. The monoisotopic (exact) mass is 158 g/mol. The molecule has 2 rings (SSSR count). The average Bonchev–Trinajstić information content (AvgIpc) is 2.65. The van der Waals surface area contributed by atoms with Gasteiger partial charge in [-0.3, -0.25) is 0 Å². The number of hydrogen-bond acceptors (Lipinski definition) is 2. The first-order chi connectivity index (χ1) is 4.87. The van der Waals surface area contributed by atoms with E-state index in [1.165, 1.54) is 19.3 Å². The topological polar surface area (TPSA) is 9.23 Å². The van der Waals surface area contributed by atoms with E-state index >= 15 is 0 Å². The van der Waals surface area contributed by atoms with Crippen molar-refractivity contribution in [2.75, 3.05) is 19.0 Å². The fourth-order valence-electron chi connectivity index (χ4n) is 2.08. The molecule has 0 radical (unpaired) electrons. The van der Waals surface area contributed by atoms with Crippen LogP contribution < -0.4 is 0 Å². The lowest BCUT2D eigenvalue weighted by Gasteiger charge is -2.22. The standard InChI is InChI=1S/C8H14OS/c10-6-7-5-8(7)1-3-9-4-2-8/h7,10H,1-6H2. The first-order valence-corrected chi connectivity index (χ1v) is 4.69. The summed E-state index contributed by atoms with van der Waals surface area (Å²) in [6.45, 7) is 1.98. The maximum absolute atomic E-state index is 5.31. The van der Waals surface area contributed by atoms with Gasteiger partial charge in [0.25, 0.3) is 0 Å². The van der Waals surface area contributed by atoms with Crippen molar-refractivity contribution < 1.29 is 4.74 Å². The number of thiol groups is 1. The summed E-state index contributed by atoms with van der Waals surface area (Å²) >= 11 is 4.32. The highest BCUT2D eigenvalue weighted by Crippen LogP contribution is 2.59. The van der Waals surface area contributed by atoms with Gasteiger partial charge < -0.3 is 4.74 Å². The largest absolute Gasteiger partial charge is 0.381 e. The highest BCUT2D eigenvalue weighted by Gasteiger charge is 2.52. The quantitative estimate of drug-likeness (QED) is 0.572. The Kier molecular flexibility index (Phi) is 1.69. The summed E-state index contributed by atoms with van der Waals surface area (Å²) in [5.74, 6) is 2.00. The van der Waals surface area contributed by atoms with Crippen LogP contribution in [0, 0.1) is 11.3 Å². The van der Waals surface area contributed by atoms with Crippen molar-refractivity contribution in [2.24, 2.45) is 11.3 Å². The van der Waals surface area contributed by atoms with Crippen LogP contribution in [-0.2, 0) is 4.74 Å². The van der Waals surface area contributed by atoms with E-state index < -0.39 is 0 Å². The van der Waals surface area contributed by atoms with Gasteiger partial charge in [-0.1, -0.05) is 0 Å². The minimum absolute atomic E-state index is 0.694. The molecule has 1 nitrogen and oxygen atoms in total. The minimum atomic E-state index is 0.694. The van der Waals surface area contributed by atoms with Crippen molar-refractivity contribution in [1.82, 2.24) is 0 Å². The number of hydrogen-bond donors (Lipinski definition) is 1. The molecule has 1 heterocycles. The molecular weight excluding hydrogens is 144 g/mol. The summed E-state index contributed by atoms with van der Waals surface area (Å²) in [6.07, 6.45) is 4.00. The van der Waals surface area contributed by atoms with Crippen LogP contribution in [0.4, 0.5) is 0 Å². The average molecular weight is 158 g/mol. The predicted molar refractivity (Wildman–Crippen MR) is 44.4 cm³/mol. The Morgan fingerprint density at radius 1 is 1.40 bits per heavy atom. The summed E-state index contributed by atoms with van der Waals surface area (Å²) in [4.78, 5) is 0. The minimum Gasteiger partial charge on any atom is -0.381 e. The van der Waals surface area contributed by atoms with Gasteiger partial charge in [0.2, 0.25) is 0 Å². The Hall–Kier alpha value is 0.310. The second-order valence-electron chi connectivity index (χ2n) is 3.56. The Morgan fingerprint density at radius 2 is 2.10 bits per heavy atom. The van der Waals surface area contributed by atoms with E-state index in [2.05, 4.69) is 12.6 Å². The van der Waals surface area contributed by atoms with Crippen molar-refractivity contribution in [3.05, 3.63) is 0 Å². The number of rotatable bonds is 1. The van der Waals surface area contributed by atoms with Gasteiger partial charge in [0.05, 0.1) is 0 Å². The summed E-state index contributed by atoms with van der Waals surface area (Å²) < 4.78 is 5.31. The van der Waals surface area contributed by atoms with Gasteiger partial charge in [-0.05, 0) is 36.3 Å². The molecule has 2 aliphatic rings. The van der Waals surface area contributed by atoms with Crippen molar-refractivity contribution >= 4 is 12.6 Å². The van der Waals surface area contributed by atoms with Gasteiger partial charge in [0, 0.05) is 13.2 Å². The lowest BCUT2D eigenvalue weighted by Crippen LogP contribution is -2.18. The van der Waals surface area contributed by atoms with Crippen LogP contribution in [0.2, 0.25) is 0 Å². The van der Waals surface area contributed by atoms with E-state index in [9.17, 15) is 0 Å². The van der Waals surface area contributed by atoms with E-state index in [0.29, 0.717) is 5.41 Å². The first-order valence-electron chi connectivity index (χ1n) is 4.06. The molecule has 0 aromatic rings. The molecule has 10 heavy (non-hydrogen) atoms. The van der Waals surface area contributed by atoms with Crippen LogP contribution >= 0.6 is 12.6 Å². The van der Waals surface area contributed by atoms with Gasteiger partial charge in [-0.25, -0.2) is 0 Å². The molecule has 1 unspecified atom stereocenters. The molecular formula is C8H14OS. The lowest BCUT2D eigenvalue weighted by molar-refractivity contribution is 0.0532. The zero-order valence-electron chi connectivity index (χ0n) is 6.18.